The number of hydrogen-bond acceptors (Lipinski definition) is 5. The number of rotatable bonds is 3. The molecule has 0 bridgehead atoms. The molecule has 0 unspecified atom stereocenters. The third-order valence-electron chi connectivity index (χ3n) is 2.67. The maximum atomic E-state index is 10.5. The second-order valence-corrected chi connectivity index (χ2v) is 6.56. The van der Waals surface area contributed by atoms with Crippen molar-refractivity contribution in [3.63, 3.8) is 0 Å². The summed E-state index contributed by atoms with van der Waals surface area (Å²) in [5.74, 6) is -0.303. The van der Waals surface area contributed by atoms with Gasteiger partial charge in [0.2, 0.25) is 5.96 Å². The summed E-state index contributed by atoms with van der Waals surface area (Å²) in [6.45, 7) is 1.84. The van der Waals surface area contributed by atoms with Crippen molar-refractivity contribution in [3.8, 4) is 0 Å². The molecule has 5 N–H and O–H groups in total. The number of hydrogen-bond donors (Lipinski definition) is 5. The quantitative estimate of drug-likeness (QED) is 0.239. The molecule has 0 atom stereocenters. The fraction of sp³-hybridized carbons (Fsp3) is 0.0667. The summed E-state index contributed by atoms with van der Waals surface area (Å²) in [7, 11) is -4.02. The van der Waals surface area contributed by atoms with Crippen LogP contribution in [0.4, 0.5) is 0 Å². The summed E-state index contributed by atoms with van der Waals surface area (Å²) in [5, 5.41) is 19.5. The van der Waals surface area contributed by atoms with Crippen molar-refractivity contribution >= 4 is 33.9 Å². The van der Waals surface area contributed by atoms with Crippen molar-refractivity contribution in [1.29, 1.82) is 5.41 Å². The molecule has 0 aliphatic carbocycles. The highest BCUT2D eigenvalue weighted by Gasteiger charge is 2.06. The van der Waals surface area contributed by atoms with Gasteiger partial charge in [0.1, 0.15) is 0 Å². The number of nitrogens with zero attached hydrogens (tertiary/aromatic N) is 1. The highest BCUT2D eigenvalue weighted by atomic mass is 35.5. The Morgan fingerprint density at radius 1 is 1.24 bits per heavy atom. The van der Waals surface area contributed by atoms with Crippen LogP contribution >= 0.6 is 11.6 Å². The molecular formula is C15H17ClN4O4S. The van der Waals surface area contributed by atoms with Gasteiger partial charge in [0, 0.05) is 5.02 Å². The van der Waals surface area contributed by atoms with Gasteiger partial charge in [-0.15, -0.1) is 0 Å². The number of aryl methyl sites for hydroxylation is 1. The average molecular weight is 385 g/mol. The maximum absolute atomic E-state index is 10.5. The van der Waals surface area contributed by atoms with E-state index >= 15 is 0 Å². The second kappa shape index (κ2) is 9.74. The van der Waals surface area contributed by atoms with Crippen LogP contribution in [-0.2, 0) is 10.1 Å². The van der Waals surface area contributed by atoms with Crippen LogP contribution in [0.5, 0.6) is 0 Å². The van der Waals surface area contributed by atoms with Gasteiger partial charge in [0.05, 0.1) is 11.1 Å². The number of guanidine groups is 1. The third kappa shape index (κ3) is 8.27. The summed E-state index contributed by atoms with van der Waals surface area (Å²) < 4.78 is 29.6. The number of halogens is 1. The van der Waals surface area contributed by atoms with E-state index in [1.807, 2.05) is 13.0 Å². The molecule has 2 aromatic rings. The molecular weight excluding hydrogens is 368 g/mol. The fourth-order valence-electron chi connectivity index (χ4n) is 1.49. The van der Waals surface area contributed by atoms with Crippen LogP contribution in [0.2, 0.25) is 5.02 Å². The zero-order valence-corrected chi connectivity index (χ0v) is 14.7. The summed E-state index contributed by atoms with van der Waals surface area (Å²) >= 11 is 5.74. The maximum Gasteiger partial charge on any atom is 0.294 e. The highest BCUT2D eigenvalue weighted by molar-refractivity contribution is 7.85. The normalized spacial score (nSPS) is 10.7. The SMILES string of the molecule is Cc1ccc(S(=O)(=O)O)cc1.N=C(NO)NN=Cc1cccc(Cl)c1. The molecule has 25 heavy (non-hydrogen) atoms. The Labute approximate surface area is 150 Å². The van der Waals surface area contributed by atoms with Crippen molar-refractivity contribution in [2.45, 2.75) is 11.8 Å². The second-order valence-electron chi connectivity index (χ2n) is 4.70. The molecule has 0 saturated heterocycles. The van der Waals surface area contributed by atoms with E-state index in [0.29, 0.717) is 5.02 Å². The van der Waals surface area contributed by atoms with Crippen molar-refractivity contribution in [2.75, 3.05) is 0 Å². The largest absolute Gasteiger partial charge is 0.294 e. The van der Waals surface area contributed by atoms with Crippen LogP contribution in [0.15, 0.2) is 58.5 Å². The van der Waals surface area contributed by atoms with Crippen molar-refractivity contribution in [1.82, 2.24) is 10.9 Å². The lowest BCUT2D eigenvalue weighted by molar-refractivity contribution is 0.228. The molecule has 10 heteroatoms. The van der Waals surface area contributed by atoms with Crippen molar-refractivity contribution in [3.05, 3.63) is 64.7 Å². The Morgan fingerprint density at radius 2 is 1.88 bits per heavy atom. The summed E-state index contributed by atoms with van der Waals surface area (Å²) in [5.41, 5.74) is 5.60. The van der Waals surface area contributed by atoms with Gasteiger partial charge < -0.3 is 0 Å². The minimum atomic E-state index is -4.02. The monoisotopic (exact) mass is 384 g/mol. The van der Waals surface area contributed by atoms with Gasteiger partial charge in [0.15, 0.2) is 0 Å². The molecule has 0 aliphatic heterocycles. The molecule has 0 amide bonds. The van der Waals surface area contributed by atoms with E-state index in [4.69, 9.17) is 26.8 Å². The first-order valence-electron chi connectivity index (χ1n) is 6.80. The molecule has 0 heterocycles. The Hall–Kier alpha value is -2.46. The van der Waals surface area contributed by atoms with E-state index in [0.717, 1.165) is 11.1 Å². The predicted molar refractivity (Wildman–Crippen MR) is 95.8 cm³/mol. The molecule has 2 aromatic carbocycles. The first-order valence-corrected chi connectivity index (χ1v) is 8.61. The van der Waals surface area contributed by atoms with E-state index in [9.17, 15) is 8.42 Å². The molecule has 0 radical (unpaired) electrons. The Morgan fingerprint density at radius 3 is 2.40 bits per heavy atom. The molecule has 0 spiro atoms. The zero-order chi connectivity index (χ0) is 18.9. The Bertz CT molecular complexity index is 839. The van der Waals surface area contributed by atoms with Crippen molar-refractivity contribution in [2.24, 2.45) is 5.10 Å². The zero-order valence-electron chi connectivity index (χ0n) is 13.1. The van der Waals surface area contributed by atoms with E-state index in [1.165, 1.54) is 18.3 Å². The Kier molecular flexibility index (Phi) is 8.02. The van der Waals surface area contributed by atoms with Crippen LogP contribution in [0, 0.1) is 12.3 Å². The van der Waals surface area contributed by atoms with E-state index in [-0.39, 0.29) is 10.9 Å². The third-order valence-corrected chi connectivity index (χ3v) is 3.77. The van der Waals surface area contributed by atoms with Gasteiger partial charge in [0.25, 0.3) is 10.1 Å². The molecule has 0 aliphatic rings. The number of benzene rings is 2. The highest BCUT2D eigenvalue weighted by Crippen LogP contribution is 2.09. The first-order chi connectivity index (χ1) is 11.7. The van der Waals surface area contributed by atoms with Gasteiger partial charge in [-0.2, -0.15) is 13.5 Å². The summed E-state index contributed by atoms with van der Waals surface area (Å²) in [6, 6.07) is 13.1. The summed E-state index contributed by atoms with van der Waals surface area (Å²) in [4.78, 5) is -0.0666. The minimum absolute atomic E-state index is 0.0666. The average Bonchev–Trinajstić information content (AvgIpc) is 2.55. The van der Waals surface area contributed by atoms with E-state index < -0.39 is 10.1 Å². The van der Waals surface area contributed by atoms with Gasteiger partial charge in [-0.3, -0.25) is 15.2 Å². The van der Waals surface area contributed by atoms with E-state index in [2.05, 4.69) is 10.5 Å². The number of nitrogens with one attached hydrogen (secondary N) is 3. The van der Waals surface area contributed by atoms with Gasteiger partial charge >= 0.3 is 0 Å². The van der Waals surface area contributed by atoms with Crippen LogP contribution < -0.4 is 10.9 Å². The molecule has 0 fully saturated rings. The number of hydroxylamine groups is 1. The molecule has 0 saturated carbocycles. The molecule has 134 valence electrons. The smallest absolute Gasteiger partial charge is 0.288 e. The lowest BCUT2D eigenvalue weighted by Crippen LogP contribution is -2.30. The molecule has 0 aromatic heterocycles. The lowest BCUT2D eigenvalue weighted by Gasteiger charge is -1.98. The van der Waals surface area contributed by atoms with Crippen LogP contribution in [0.25, 0.3) is 0 Å². The van der Waals surface area contributed by atoms with Gasteiger partial charge in [-0.25, -0.2) is 10.9 Å². The topological polar surface area (TPSA) is 135 Å². The minimum Gasteiger partial charge on any atom is -0.288 e. The lowest BCUT2D eigenvalue weighted by atomic mass is 10.2. The Balaban J connectivity index is 0.000000257. The van der Waals surface area contributed by atoms with Crippen LogP contribution in [0.1, 0.15) is 11.1 Å². The van der Waals surface area contributed by atoms with E-state index in [1.54, 1.807) is 35.8 Å². The van der Waals surface area contributed by atoms with Crippen LogP contribution in [0.3, 0.4) is 0 Å². The fourth-order valence-corrected chi connectivity index (χ4v) is 2.17. The molecule has 2 rings (SSSR count). The van der Waals surface area contributed by atoms with Crippen LogP contribution in [-0.4, -0.2) is 30.4 Å². The van der Waals surface area contributed by atoms with Gasteiger partial charge in [-0.05, 0) is 36.8 Å². The summed E-state index contributed by atoms with van der Waals surface area (Å²) in [6.07, 6.45) is 1.48. The van der Waals surface area contributed by atoms with Gasteiger partial charge in [-0.1, -0.05) is 41.4 Å². The first kappa shape index (κ1) is 20.6. The standard InChI is InChI=1S/C8H9ClN4O.C7H8O3S/c9-7-3-1-2-6(4-7)5-11-12-8(10)13-14;1-6-2-4-7(5-3-6)11(8,9)10/h1-5,14H,(H3,10,12,13);2-5H,1H3,(H,8,9,10). The number of hydrazone groups is 1. The molecule has 8 nitrogen and oxygen atoms in total. The predicted octanol–water partition coefficient (Wildman–Crippen LogP) is 2.42. The van der Waals surface area contributed by atoms with Crippen molar-refractivity contribution < 1.29 is 18.2 Å².